The SMILES string of the molecule is CCCCCCCCCCCCOC1=CCc2c(c3c4ccccc4c4c5c(c6c7ccc(OCCCCCCCCCCCC)cc7c7c8ccccc8c8c9cc(OCCCCCCCCCCCC)ccc9c2c2c3c4c6c7c82)CC=C(OCCCCCCCCCCCC)C5)C1. The molecule has 11 aromatic rings. The van der Waals surface area contributed by atoms with Gasteiger partial charge in [-0.3, -0.25) is 0 Å². The van der Waals surface area contributed by atoms with Gasteiger partial charge >= 0.3 is 0 Å². The van der Waals surface area contributed by atoms with Crippen molar-refractivity contribution >= 4 is 108 Å². The number of ether oxygens (including phenoxy) is 4. The summed E-state index contributed by atoms with van der Waals surface area (Å²) in [6, 6.07) is 33.6. The van der Waals surface area contributed by atoms with Gasteiger partial charge in [0.15, 0.2) is 0 Å². The second-order valence-corrected chi connectivity index (χ2v) is 31.1. The topological polar surface area (TPSA) is 36.9 Å². The minimum Gasteiger partial charge on any atom is -0.498 e. The maximum atomic E-state index is 7.03. The van der Waals surface area contributed by atoms with E-state index in [9.17, 15) is 0 Å². The standard InChI is InChI=1S/C96H124O4/c1-5-9-13-17-21-25-29-33-37-45-61-97-69-53-57-77-81(65-69)87-73-49-41-42-50-74(73)88-83-67-71(99-63-47-39-35-31-27-23-19-15-11-7-3)55-59-79(83)86-80-60-56-72(100-64-48-40-36-32-28-24-20-16-12-8-4)68-84(80)90-76-52-44-43-51-75(76)89-82-66-70(98-62-46-38-34-30-26-22-18-14-10-6-2)54-58-78(82)85(77)91-93(87)94(88)92(86)96(90)95(89)91/h41-44,49-57,59,65,67H,5-40,45-48,58,60-64,66,68H2,1-4H3. The highest BCUT2D eigenvalue weighted by molar-refractivity contribution is 6.57. The number of hydrogen-bond acceptors (Lipinski definition) is 4. The summed E-state index contributed by atoms with van der Waals surface area (Å²) in [5, 5.41) is 27.7. The first-order valence-electron chi connectivity index (χ1n) is 41.9. The van der Waals surface area contributed by atoms with Crippen LogP contribution in [0.15, 0.2) is 109 Å². The average Bonchev–Trinajstić information content (AvgIpc) is 0.649. The van der Waals surface area contributed by atoms with Gasteiger partial charge < -0.3 is 18.9 Å². The maximum absolute atomic E-state index is 7.03. The van der Waals surface area contributed by atoms with Crippen LogP contribution in [0.5, 0.6) is 11.5 Å². The van der Waals surface area contributed by atoms with E-state index in [4.69, 9.17) is 18.9 Å². The van der Waals surface area contributed by atoms with Crippen molar-refractivity contribution in [2.75, 3.05) is 26.4 Å². The molecule has 100 heavy (non-hydrogen) atoms. The first-order chi connectivity index (χ1) is 49.6. The zero-order chi connectivity index (χ0) is 68.2. The van der Waals surface area contributed by atoms with Gasteiger partial charge in [-0.25, -0.2) is 0 Å². The van der Waals surface area contributed by atoms with Crippen molar-refractivity contribution < 1.29 is 18.9 Å². The number of hydrogen-bond donors (Lipinski definition) is 0. The molecule has 2 aliphatic carbocycles. The molecule has 0 spiro atoms. The fraction of sp³-hybridized carbons (Fsp3) is 0.542. The molecule has 11 aromatic carbocycles. The average molecular weight is 1340 g/mol. The lowest BCUT2D eigenvalue weighted by Crippen LogP contribution is -2.12. The van der Waals surface area contributed by atoms with Gasteiger partial charge in [0.2, 0.25) is 0 Å². The van der Waals surface area contributed by atoms with Crippen LogP contribution in [0.3, 0.4) is 0 Å². The molecular formula is C96H124O4. The molecular weight excluding hydrogens is 1220 g/mol. The van der Waals surface area contributed by atoms with E-state index < -0.39 is 0 Å². The smallest absolute Gasteiger partial charge is 0.119 e. The Morgan fingerprint density at radius 3 is 0.760 bits per heavy atom. The Bertz CT molecular complexity index is 4180. The van der Waals surface area contributed by atoms with Crippen LogP contribution in [0.2, 0.25) is 0 Å². The zero-order valence-electron chi connectivity index (χ0n) is 62.8. The van der Waals surface area contributed by atoms with Gasteiger partial charge in [0.05, 0.1) is 37.9 Å². The molecule has 0 aliphatic heterocycles. The third-order valence-corrected chi connectivity index (χ3v) is 23.8. The summed E-state index contributed by atoms with van der Waals surface area (Å²) in [4.78, 5) is 0. The summed E-state index contributed by atoms with van der Waals surface area (Å²) < 4.78 is 28.0. The van der Waals surface area contributed by atoms with E-state index in [1.165, 1.54) is 361 Å². The van der Waals surface area contributed by atoms with Gasteiger partial charge in [-0.2, -0.15) is 0 Å². The van der Waals surface area contributed by atoms with Gasteiger partial charge in [0, 0.05) is 12.8 Å². The molecule has 0 fully saturated rings. The highest BCUT2D eigenvalue weighted by atomic mass is 16.5. The Morgan fingerprint density at radius 1 is 0.220 bits per heavy atom. The number of unbranched alkanes of at least 4 members (excludes halogenated alkanes) is 36. The van der Waals surface area contributed by atoms with Gasteiger partial charge in [0.25, 0.3) is 0 Å². The summed E-state index contributed by atoms with van der Waals surface area (Å²) in [6.45, 7) is 12.3. The monoisotopic (exact) mass is 1340 g/mol. The molecule has 0 saturated heterocycles. The number of benzene rings is 11. The Balaban J connectivity index is 0.943. The lowest BCUT2D eigenvalue weighted by molar-refractivity contribution is 0.197. The molecule has 0 unspecified atom stereocenters. The summed E-state index contributed by atoms with van der Waals surface area (Å²) in [5.41, 5.74) is 5.86. The Kier molecular flexibility index (Phi) is 26.3. The van der Waals surface area contributed by atoms with Gasteiger partial charge in [-0.05, 0) is 205 Å². The molecule has 0 atom stereocenters. The van der Waals surface area contributed by atoms with Crippen molar-refractivity contribution in [2.45, 2.75) is 310 Å². The van der Waals surface area contributed by atoms with Crippen LogP contribution in [0.4, 0.5) is 0 Å². The van der Waals surface area contributed by atoms with E-state index in [2.05, 4.69) is 125 Å². The van der Waals surface area contributed by atoms with E-state index in [-0.39, 0.29) is 0 Å². The van der Waals surface area contributed by atoms with Crippen LogP contribution in [-0.2, 0) is 35.2 Å². The summed E-state index contributed by atoms with van der Waals surface area (Å²) in [6.07, 6.45) is 60.9. The Hall–Kier alpha value is -6.52. The minimum absolute atomic E-state index is 0.740. The molecule has 2 aliphatic rings. The first kappa shape index (κ1) is 71.9. The zero-order valence-corrected chi connectivity index (χ0v) is 62.8. The first-order valence-corrected chi connectivity index (χ1v) is 41.9. The van der Waals surface area contributed by atoms with Gasteiger partial charge in [-0.1, -0.05) is 320 Å². The molecule has 0 N–H and O–H groups in total. The van der Waals surface area contributed by atoms with Crippen LogP contribution >= 0.6 is 0 Å². The van der Waals surface area contributed by atoms with Crippen molar-refractivity contribution in [3.05, 3.63) is 131 Å². The van der Waals surface area contributed by atoms with E-state index in [0.29, 0.717) is 0 Å². The summed E-state index contributed by atoms with van der Waals surface area (Å²) in [5.74, 6) is 4.26. The predicted octanol–water partition coefficient (Wildman–Crippen LogP) is 30.0. The molecule has 0 heterocycles. The second kappa shape index (κ2) is 36.6. The van der Waals surface area contributed by atoms with Crippen molar-refractivity contribution in [1.82, 2.24) is 0 Å². The van der Waals surface area contributed by atoms with Crippen LogP contribution in [-0.4, -0.2) is 26.4 Å². The molecule has 0 bridgehead atoms. The molecule has 532 valence electrons. The van der Waals surface area contributed by atoms with Gasteiger partial charge in [-0.15, -0.1) is 0 Å². The van der Waals surface area contributed by atoms with Crippen molar-refractivity contribution in [3.8, 4) is 11.5 Å². The van der Waals surface area contributed by atoms with Crippen LogP contribution in [0.25, 0.3) is 108 Å². The minimum atomic E-state index is 0.740. The van der Waals surface area contributed by atoms with Crippen LogP contribution < -0.4 is 9.47 Å². The van der Waals surface area contributed by atoms with E-state index in [1.54, 1.807) is 0 Å². The van der Waals surface area contributed by atoms with Crippen molar-refractivity contribution in [3.63, 3.8) is 0 Å². The fourth-order valence-electron chi connectivity index (χ4n) is 18.5. The highest BCUT2D eigenvalue weighted by Gasteiger charge is 2.35. The Morgan fingerprint density at radius 2 is 0.460 bits per heavy atom. The number of fused-ring (bicyclic) bond motifs is 18. The van der Waals surface area contributed by atoms with Crippen LogP contribution in [0, 0.1) is 0 Å². The largest absolute Gasteiger partial charge is 0.498 e. The van der Waals surface area contributed by atoms with E-state index in [0.717, 1.165) is 101 Å². The lowest BCUT2D eigenvalue weighted by Gasteiger charge is -2.32. The summed E-state index contributed by atoms with van der Waals surface area (Å²) >= 11 is 0. The third kappa shape index (κ3) is 16.1. The highest BCUT2D eigenvalue weighted by Crippen LogP contribution is 2.60. The van der Waals surface area contributed by atoms with Crippen LogP contribution in [0.1, 0.15) is 307 Å². The quantitative estimate of drug-likeness (QED) is 0.0216. The fourth-order valence-corrected chi connectivity index (χ4v) is 18.5. The molecule has 0 aromatic heterocycles. The Labute approximate surface area is 602 Å². The molecule has 0 radical (unpaired) electrons. The molecule has 0 amide bonds. The lowest BCUT2D eigenvalue weighted by atomic mass is 9.71. The number of rotatable bonds is 48. The molecule has 0 saturated carbocycles. The second-order valence-electron chi connectivity index (χ2n) is 31.1. The molecule has 13 rings (SSSR count). The van der Waals surface area contributed by atoms with Crippen molar-refractivity contribution in [2.24, 2.45) is 0 Å². The van der Waals surface area contributed by atoms with Crippen molar-refractivity contribution in [1.29, 1.82) is 0 Å². The normalized spacial score (nSPS) is 13.5. The van der Waals surface area contributed by atoms with E-state index >= 15 is 0 Å². The predicted molar refractivity (Wildman–Crippen MR) is 436 cm³/mol. The third-order valence-electron chi connectivity index (χ3n) is 23.8. The molecule has 4 nitrogen and oxygen atoms in total. The van der Waals surface area contributed by atoms with E-state index in [1.807, 2.05) is 0 Å². The van der Waals surface area contributed by atoms with Gasteiger partial charge in [0.1, 0.15) is 11.5 Å². The maximum Gasteiger partial charge on any atom is 0.119 e. The molecule has 4 heteroatoms. The summed E-state index contributed by atoms with van der Waals surface area (Å²) in [7, 11) is 0. The number of allylic oxidation sites excluding steroid dienone is 4.